The Labute approximate surface area is 93.6 Å². The Kier molecular flexibility index (Phi) is 3.13. The summed E-state index contributed by atoms with van der Waals surface area (Å²) in [5.41, 5.74) is -0.696. The van der Waals surface area contributed by atoms with Gasteiger partial charge in [-0.25, -0.2) is 13.2 Å². The van der Waals surface area contributed by atoms with Crippen molar-refractivity contribution in [3.8, 4) is 0 Å². The molecule has 16 heavy (non-hydrogen) atoms. The highest BCUT2D eigenvalue weighted by Gasteiger charge is 2.37. The van der Waals surface area contributed by atoms with E-state index < -0.39 is 39.4 Å². The molecule has 1 fully saturated rings. The molecular weight excluding hydrogens is 236 g/mol. The maximum atomic E-state index is 11.3. The fraction of sp³-hybridized carbons (Fsp3) is 0.750. The highest BCUT2D eigenvalue weighted by Crippen LogP contribution is 2.08. The molecule has 2 N–H and O–H groups in total. The third-order valence-electron chi connectivity index (χ3n) is 1.65. The lowest BCUT2D eigenvalue weighted by atomic mass is 10.2. The summed E-state index contributed by atoms with van der Waals surface area (Å²) in [6.45, 7) is 4.99. The van der Waals surface area contributed by atoms with E-state index in [0.717, 1.165) is 0 Å². The van der Waals surface area contributed by atoms with Crippen LogP contribution in [0.2, 0.25) is 0 Å². The summed E-state index contributed by atoms with van der Waals surface area (Å²) in [7, 11) is -3.60. The number of alkyl carbamates (subject to hydrolysis) is 1. The molecule has 1 aliphatic rings. The topological polar surface area (TPSA) is 102 Å². The van der Waals surface area contributed by atoms with E-state index in [-0.39, 0.29) is 0 Å². The Morgan fingerprint density at radius 2 is 2.06 bits per heavy atom. The lowest BCUT2D eigenvalue weighted by Gasteiger charge is -2.20. The number of rotatable bonds is 1. The van der Waals surface area contributed by atoms with Crippen molar-refractivity contribution in [2.24, 2.45) is 0 Å². The molecule has 0 spiro atoms. The van der Waals surface area contributed by atoms with Crippen molar-refractivity contribution < 1.29 is 22.7 Å². The molecule has 1 saturated heterocycles. The van der Waals surface area contributed by atoms with Crippen LogP contribution in [0.25, 0.3) is 0 Å². The summed E-state index contributed by atoms with van der Waals surface area (Å²) in [4.78, 5) is 22.4. The zero-order valence-corrected chi connectivity index (χ0v) is 10.1. The number of hydrogen-bond acceptors (Lipinski definition) is 5. The van der Waals surface area contributed by atoms with Gasteiger partial charge in [0.25, 0.3) is 5.91 Å². The first-order valence-electron chi connectivity index (χ1n) is 4.63. The second kappa shape index (κ2) is 3.93. The Bertz CT molecular complexity index is 409. The monoisotopic (exact) mass is 250 g/mol. The summed E-state index contributed by atoms with van der Waals surface area (Å²) in [5, 5.41) is 2.19. The van der Waals surface area contributed by atoms with Gasteiger partial charge in [-0.2, -0.15) is 0 Å². The molecule has 8 heteroatoms. The maximum Gasteiger partial charge on any atom is 0.408 e. The second-order valence-corrected chi connectivity index (χ2v) is 6.21. The van der Waals surface area contributed by atoms with Gasteiger partial charge in [0.15, 0.2) is 0 Å². The summed E-state index contributed by atoms with van der Waals surface area (Å²) < 4.78 is 28.7. The van der Waals surface area contributed by atoms with E-state index >= 15 is 0 Å². The van der Waals surface area contributed by atoms with Crippen LogP contribution in [0.3, 0.4) is 0 Å². The van der Waals surface area contributed by atoms with Crippen LogP contribution in [-0.2, 0) is 19.6 Å². The van der Waals surface area contributed by atoms with Gasteiger partial charge in [0.05, 0.1) is 5.75 Å². The Morgan fingerprint density at radius 1 is 1.50 bits per heavy atom. The van der Waals surface area contributed by atoms with Crippen molar-refractivity contribution in [1.82, 2.24) is 10.0 Å². The first-order valence-corrected chi connectivity index (χ1v) is 6.28. The van der Waals surface area contributed by atoms with Gasteiger partial charge in [-0.05, 0) is 20.8 Å². The molecule has 1 unspecified atom stereocenters. The van der Waals surface area contributed by atoms with E-state index in [4.69, 9.17) is 4.74 Å². The summed E-state index contributed by atoms with van der Waals surface area (Å²) in [5.74, 6) is -1.20. The molecule has 0 bridgehead atoms. The van der Waals surface area contributed by atoms with Gasteiger partial charge in [0.1, 0.15) is 11.6 Å². The van der Waals surface area contributed by atoms with Gasteiger partial charge in [0.2, 0.25) is 10.0 Å². The van der Waals surface area contributed by atoms with Gasteiger partial charge in [0, 0.05) is 0 Å². The van der Waals surface area contributed by atoms with Crippen molar-refractivity contribution >= 4 is 22.0 Å². The Balaban J connectivity index is 2.57. The smallest absolute Gasteiger partial charge is 0.408 e. The van der Waals surface area contributed by atoms with Crippen molar-refractivity contribution in [3.63, 3.8) is 0 Å². The van der Waals surface area contributed by atoms with Crippen LogP contribution < -0.4 is 10.0 Å². The SMILES string of the molecule is CC(C)(C)OC(=O)NC1CS(=O)(=O)NC1=O. The number of sulfonamides is 1. The van der Waals surface area contributed by atoms with Crippen LogP contribution in [-0.4, -0.2) is 37.8 Å². The van der Waals surface area contributed by atoms with Crippen molar-refractivity contribution in [3.05, 3.63) is 0 Å². The molecule has 0 radical (unpaired) electrons. The molecule has 0 aliphatic carbocycles. The molecule has 1 heterocycles. The number of carbonyl (C=O) groups is 2. The fourth-order valence-electron chi connectivity index (χ4n) is 1.12. The molecule has 92 valence electrons. The zero-order valence-electron chi connectivity index (χ0n) is 9.23. The molecule has 7 nitrogen and oxygen atoms in total. The Morgan fingerprint density at radius 3 is 2.44 bits per heavy atom. The first kappa shape index (κ1) is 12.8. The Hall–Kier alpha value is -1.31. The van der Waals surface area contributed by atoms with Crippen LogP contribution in [0.5, 0.6) is 0 Å². The molecule has 1 atom stereocenters. The largest absolute Gasteiger partial charge is 0.444 e. The number of amides is 2. The number of hydrogen-bond donors (Lipinski definition) is 2. The quantitative estimate of drug-likeness (QED) is 0.643. The minimum atomic E-state index is -3.60. The van der Waals surface area contributed by atoms with Gasteiger partial charge in [-0.1, -0.05) is 0 Å². The number of carbonyl (C=O) groups excluding carboxylic acids is 2. The molecule has 0 saturated carbocycles. The van der Waals surface area contributed by atoms with Crippen LogP contribution >= 0.6 is 0 Å². The number of nitrogens with one attached hydrogen (secondary N) is 2. The molecule has 1 rings (SSSR count). The molecule has 0 aromatic rings. The molecule has 0 aromatic heterocycles. The van der Waals surface area contributed by atoms with Gasteiger partial charge < -0.3 is 10.1 Å². The molecule has 2 amide bonds. The van der Waals surface area contributed by atoms with E-state index in [1.54, 1.807) is 25.5 Å². The van der Waals surface area contributed by atoms with Crippen LogP contribution in [0, 0.1) is 0 Å². The van der Waals surface area contributed by atoms with Crippen LogP contribution in [0.15, 0.2) is 0 Å². The van der Waals surface area contributed by atoms with Crippen LogP contribution in [0.1, 0.15) is 20.8 Å². The van der Waals surface area contributed by atoms with Crippen LogP contribution in [0.4, 0.5) is 4.79 Å². The van der Waals surface area contributed by atoms with Gasteiger partial charge in [-0.15, -0.1) is 0 Å². The maximum absolute atomic E-state index is 11.3. The van der Waals surface area contributed by atoms with Gasteiger partial charge >= 0.3 is 6.09 Å². The number of ether oxygens (including phenoxy) is 1. The summed E-state index contributed by atoms with van der Waals surface area (Å²) in [6.07, 6.45) is -0.815. The molecule has 1 aliphatic heterocycles. The lowest BCUT2D eigenvalue weighted by Crippen LogP contribution is -2.44. The average Bonchev–Trinajstić information content (AvgIpc) is 2.19. The predicted molar refractivity (Wildman–Crippen MR) is 55.1 cm³/mol. The normalized spacial score (nSPS) is 23.7. The summed E-state index contributed by atoms with van der Waals surface area (Å²) in [6, 6.07) is -1.08. The molecular formula is C8H14N2O5S. The fourth-order valence-corrected chi connectivity index (χ4v) is 2.32. The third kappa shape index (κ3) is 3.69. The highest BCUT2D eigenvalue weighted by molar-refractivity contribution is 7.90. The summed E-state index contributed by atoms with van der Waals surface area (Å²) >= 11 is 0. The molecule has 0 aromatic carbocycles. The predicted octanol–water partition coefficient (Wildman–Crippen LogP) is -0.661. The third-order valence-corrected chi connectivity index (χ3v) is 2.93. The first-order chi connectivity index (χ1) is 7.09. The van der Waals surface area contributed by atoms with Gasteiger partial charge in [-0.3, -0.25) is 9.52 Å². The van der Waals surface area contributed by atoms with Crippen molar-refractivity contribution in [2.45, 2.75) is 32.4 Å². The zero-order chi connectivity index (χ0) is 12.6. The van der Waals surface area contributed by atoms with E-state index in [0.29, 0.717) is 0 Å². The van der Waals surface area contributed by atoms with E-state index in [9.17, 15) is 18.0 Å². The van der Waals surface area contributed by atoms with Crippen molar-refractivity contribution in [2.75, 3.05) is 5.75 Å². The lowest BCUT2D eigenvalue weighted by molar-refractivity contribution is -0.120. The minimum absolute atomic E-state index is 0.453. The minimum Gasteiger partial charge on any atom is -0.444 e. The van der Waals surface area contributed by atoms with E-state index in [1.165, 1.54) is 0 Å². The van der Waals surface area contributed by atoms with Crippen molar-refractivity contribution in [1.29, 1.82) is 0 Å². The van der Waals surface area contributed by atoms with E-state index in [1.807, 2.05) is 0 Å². The highest BCUT2D eigenvalue weighted by atomic mass is 32.2. The standard InChI is InChI=1S/C8H14N2O5S/c1-8(2,3)15-7(12)9-5-4-16(13,14)10-6(5)11/h5H,4H2,1-3H3,(H,9,12)(H,10,11). The van der Waals surface area contributed by atoms with E-state index in [2.05, 4.69) is 5.32 Å². The second-order valence-electron chi connectivity index (χ2n) is 4.45. The average molecular weight is 250 g/mol.